The van der Waals surface area contributed by atoms with Crippen molar-refractivity contribution < 1.29 is 4.42 Å². The summed E-state index contributed by atoms with van der Waals surface area (Å²) in [4.78, 5) is 11.0. The molecule has 2 aromatic rings. The van der Waals surface area contributed by atoms with Gasteiger partial charge in [-0.05, 0) is 12.1 Å². The van der Waals surface area contributed by atoms with Gasteiger partial charge < -0.3 is 10.2 Å². The minimum absolute atomic E-state index is 0. The highest BCUT2D eigenvalue weighted by atomic mass is 35.5. The topological polar surface area (TPSA) is 61.2 Å². The second kappa shape index (κ2) is 3.14. The molecule has 2 rings (SSSR count). The number of hydrogen-bond donors (Lipinski definition) is 1. The molecule has 0 aliphatic heterocycles. The fraction of sp³-hybridized carbons (Fsp3) is 0.125. The monoisotopic (exact) mass is 200 g/mol. The second-order valence-corrected chi connectivity index (χ2v) is 2.62. The Hall–Kier alpha value is -1.42. The van der Waals surface area contributed by atoms with Crippen molar-refractivity contribution in [1.29, 1.82) is 0 Å². The van der Waals surface area contributed by atoms with Crippen LogP contribution in [-0.4, -0.2) is 4.57 Å². The fourth-order valence-corrected chi connectivity index (χ4v) is 1.17. The van der Waals surface area contributed by atoms with Gasteiger partial charge in [-0.1, -0.05) is 6.07 Å². The van der Waals surface area contributed by atoms with E-state index in [1.165, 1.54) is 4.57 Å². The van der Waals surface area contributed by atoms with E-state index in [-0.39, 0.29) is 18.2 Å². The second-order valence-electron chi connectivity index (χ2n) is 2.62. The highest BCUT2D eigenvalue weighted by Gasteiger charge is 2.06. The summed E-state index contributed by atoms with van der Waals surface area (Å²) in [7, 11) is 1.65. The largest absolute Gasteiger partial charge is 0.419 e. The van der Waals surface area contributed by atoms with Crippen LogP contribution in [0.1, 0.15) is 0 Å². The molecule has 5 heteroatoms. The fourth-order valence-electron chi connectivity index (χ4n) is 1.17. The number of hydrogen-bond acceptors (Lipinski definition) is 3. The van der Waals surface area contributed by atoms with Crippen LogP contribution in [0, 0.1) is 0 Å². The zero-order chi connectivity index (χ0) is 8.72. The molecule has 0 unspecified atom stereocenters. The summed E-state index contributed by atoms with van der Waals surface area (Å²) in [6.07, 6.45) is 0. The molecule has 0 spiro atoms. The van der Waals surface area contributed by atoms with Crippen LogP contribution in [0.3, 0.4) is 0 Å². The maximum atomic E-state index is 11.0. The van der Waals surface area contributed by atoms with Crippen molar-refractivity contribution in [3.8, 4) is 0 Å². The number of anilines is 1. The molecular weight excluding hydrogens is 192 g/mol. The van der Waals surface area contributed by atoms with Crippen LogP contribution in [0.2, 0.25) is 0 Å². The van der Waals surface area contributed by atoms with Gasteiger partial charge in [0.1, 0.15) is 0 Å². The van der Waals surface area contributed by atoms with E-state index in [1.807, 2.05) is 0 Å². The van der Waals surface area contributed by atoms with Gasteiger partial charge in [-0.25, -0.2) is 4.79 Å². The van der Waals surface area contributed by atoms with Crippen molar-refractivity contribution in [3.63, 3.8) is 0 Å². The molecule has 13 heavy (non-hydrogen) atoms. The number of nitrogens with zero attached hydrogens (tertiary/aromatic N) is 1. The molecule has 0 bridgehead atoms. The Labute approximate surface area is 80.4 Å². The molecule has 0 saturated carbocycles. The Bertz CT molecular complexity index is 486. The van der Waals surface area contributed by atoms with E-state index in [1.54, 1.807) is 25.2 Å². The summed E-state index contributed by atoms with van der Waals surface area (Å²) >= 11 is 0. The number of nitrogen functional groups attached to an aromatic ring is 1. The van der Waals surface area contributed by atoms with Crippen molar-refractivity contribution in [2.75, 3.05) is 5.73 Å². The van der Waals surface area contributed by atoms with Crippen molar-refractivity contribution in [2.24, 2.45) is 7.05 Å². The number of aryl methyl sites for hydroxylation is 1. The van der Waals surface area contributed by atoms with E-state index in [0.29, 0.717) is 11.3 Å². The predicted octanol–water partition coefficient (Wildman–Crippen LogP) is 1.14. The molecule has 0 atom stereocenters. The average molecular weight is 201 g/mol. The lowest BCUT2D eigenvalue weighted by Gasteiger charge is -1.92. The highest BCUT2D eigenvalue weighted by molar-refractivity contribution is 5.85. The van der Waals surface area contributed by atoms with Crippen molar-refractivity contribution in [3.05, 3.63) is 28.7 Å². The third-order valence-electron chi connectivity index (χ3n) is 1.85. The third-order valence-corrected chi connectivity index (χ3v) is 1.85. The summed E-state index contributed by atoms with van der Waals surface area (Å²) < 4.78 is 6.33. The molecule has 4 nitrogen and oxygen atoms in total. The summed E-state index contributed by atoms with van der Waals surface area (Å²) in [6, 6.07) is 5.27. The number of oxazole rings is 1. The minimum Gasteiger partial charge on any atom is -0.405 e. The molecule has 2 N–H and O–H groups in total. The third kappa shape index (κ3) is 1.29. The van der Waals surface area contributed by atoms with Gasteiger partial charge in [0, 0.05) is 7.05 Å². The first-order chi connectivity index (χ1) is 5.70. The Morgan fingerprint density at radius 1 is 1.46 bits per heavy atom. The van der Waals surface area contributed by atoms with Gasteiger partial charge in [-0.2, -0.15) is 0 Å². The SMILES string of the molecule is Cl.Cn1c(=O)oc2c(N)cccc21. The maximum Gasteiger partial charge on any atom is 0.419 e. The number of halogens is 1. The van der Waals surface area contributed by atoms with Gasteiger partial charge in [0.05, 0.1) is 11.2 Å². The Morgan fingerprint density at radius 3 is 2.77 bits per heavy atom. The standard InChI is InChI=1S/C8H8N2O2.ClH/c1-10-6-4-2-3-5(9)7(6)12-8(10)11;/h2-4H,9H2,1H3;1H. The lowest BCUT2D eigenvalue weighted by Crippen LogP contribution is -2.08. The summed E-state index contributed by atoms with van der Waals surface area (Å²) in [6.45, 7) is 0. The number of rotatable bonds is 0. The van der Waals surface area contributed by atoms with E-state index in [4.69, 9.17) is 10.2 Å². The highest BCUT2D eigenvalue weighted by Crippen LogP contribution is 2.18. The number of benzene rings is 1. The smallest absolute Gasteiger partial charge is 0.405 e. The van der Waals surface area contributed by atoms with E-state index < -0.39 is 0 Å². The Morgan fingerprint density at radius 2 is 2.15 bits per heavy atom. The van der Waals surface area contributed by atoms with Crippen molar-refractivity contribution in [1.82, 2.24) is 4.57 Å². The van der Waals surface area contributed by atoms with Gasteiger partial charge in [-0.3, -0.25) is 4.57 Å². The first-order valence-electron chi connectivity index (χ1n) is 3.54. The molecule has 0 aliphatic carbocycles. The molecule has 70 valence electrons. The number of aromatic nitrogens is 1. The van der Waals surface area contributed by atoms with Crippen LogP contribution in [0.25, 0.3) is 11.1 Å². The van der Waals surface area contributed by atoms with E-state index in [0.717, 1.165) is 5.52 Å². The molecule has 0 aliphatic rings. The average Bonchev–Trinajstić information content (AvgIpc) is 2.32. The van der Waals surface area contributed by atoms with Crippen LogP contribution >= 0.6 is 12.4 Å². The zero-order valence-corrected chi connectivity index (χ0v) is 7.80. The van der Waals surface area contributed by atoms with E-state index >= 15 is 0 Å². The van der Waals surface area contributed by atoms with Crippen LogP contribution in [0.4, 0.5) is 5.69 Å². The molecule has 0 amide bonds. The summed E-state index contributed by atoms with van der Waals surface area (Å²) in [5.41, 5.74) is 7.27. The predicted molar refractivity (Wildman–Crippen MR) is 53.1 cm³/mol. The quantitative estimate of drug-likeness (QED) is 0.649. The Balaban J connectivity index is 0.000000845. The molecule has 1 aromatic carbocycles. The van der Waals surface area contributed by atoms with Gasteiger partial charge in [0.15, 0.2) is 5.58 Å². The van der Waals surface area contributed by atoms with E-state index in [9.17, 15) is 4.79 Å². The van der Waals surface area contributed by atoms with Gasteiger partial charge in [-0.15, -0.1) is 12.4 Å². The first-order valence-corrected chi connectivity index (χ1v) is 3.54. The minimum atomic E-state index is -0.386. The van der Waals surface area contributed by atoms with Crippen molar-refractivity contribution >= 4 is 29.2 Å². The van der Waals surface area contributed by atoms with Gasteiger partial charge >= 0.3 is 5.76 Å². The van der Waals surface area contributed by atoms with Crippen LogP contribution in [0.5, 0.6) is 0 Å². The van der Waals surface area contributed by atoms with Gasteiger partial charge in [0.25, 0.3) is 0 Å². The van der Waals surface area contributed by atoms with Gasteiger partial charge in [0.2, 0.25) is 0 Å². The molecule has 0 fully saturated rings. The molecular formula is C8H9ClN2O2. The van der Waals surface area contributed by atoms with E-state index in [2.05, 4.69) is 0 Å². The number of fused-ring (bicyclic) bond motifs is 1. The molecule has 0 saturated heterocycles. The number of para-hydroxylation sites is 1. The number of nitrogens with two attached hydrogens (primary N) is 1. The normalized spacial score (nSPS) is 9.92. The maximum absolute atomic E-state index is 11.0. The molecule has 0 radical (unpaired) electrons. The lowest BCUT2D eigenvalue weighted by atomic mass is 10.3. The van der Waals surface area contributed by atoms with Crippen LogP contribution < -0.4 is 11.5 Å². The molecule has 1 heterocycles. The van der Waals surface area contributed by atoms with Crippen LogP contribution in [-0.2, 0) is 7.05 Å². The van der Waals surface area contributed by atoms with Crippen molar-refractivity contribution in [2.45, 2.75) is 0 Å². The first kappa shape index (κ1) is 9.67. The zero-order valence-electron chi connectivity index (χ0n) is 6.98. The molecule has 1 aromatic heterocycles. The summed E-state index contributed by atoms with van der Waals surface area (Å²) in [5.74, 6) is -0.386. The lowest BCUT2D eigenvalue weighted by molar-refractivity contribution is 0.529. The Kier molecular flexibility index (Phi) is 2.34. The summed E-state index contributed by atoms with van der Waals surface area (Å²) in [5, 5.41) is 0. The van der Waals surface area contributed by atoms with Crippen LogP contribution in [0.15, 0.2) is 27.4 Å².